The fraction of sp³-hybridized carbons (Fsp3) is 0.133. The van der Waals surface area contributed by atoms with Crippen molar-refractivity contribution in [2.75, 3.05) is 0 Å². The van der Waals surface area contributed by atoms with E-state index in [1.807, 2.05) is 19.9 Å². The maximum Gasteiger partial charge on any atom is 0.339 e. The minimum Gasteiger partial charge on any atom is -0.478 e. The van der Waals surface area contributed by atoms with Gasteiger partial charge < -0.3 is 9.84 Å². The Morgan fingerprint density at radius 2 is 2.05 bits per heavy atom. The summed E-state index contributed by atoms with van der Waals surface area (Å²) in [7, 11) is 0. The zero-order chi connectivity index (χ0) is 15.0. The summed E-state index contributed by atoms with van der Waals surface area (Å²) >= 11 is 1.54. The molecular weight excluding hydrogens is 288 g/mol. The van der Waals surface area contributed by atoms with Gasteiger partial charge in [0.05, 0.1) is 5.39 Å². The van der Waals surface area contributed by atoms with Gasteiger partial charge in [-0.05, 0) is 32.0 Å². The van der Waals surface area contributed by atoms with Crippen LogP contribution in [0.3, 0.4) is 0 Å². The SMILES string of the molecule is Cc1ccc(Oc2ncnc3sc(C)cc23)c(C(=O)O)c1. The van der Waals surface area contributed by atoms with E-state index in [-0.39, 0.29) is 11.3 Å². The lowest BCUT2D eigenvalue weighted by atomic mass is 10.1. The topological polar surface area (TPSA) is 72.3 Å². The Kier molecular flexibility index (Phi) is 3.31. The molecule has 106 valence electrons. The predicted molar refractivity (Wildman–Crippen MR) is 80.4 cm³/mol. The van der Waals surface area contributed by atoms with Crippen molar-refractivity contribution in [3.63, 3.8) is 0 Å². The molecule has 0 fully saturated rings. The molecule has 2 aromatic heterocycles. The van der Waals surface area contributed by atoms with Crippen LogP contribution in [0.4, 0.5) is 0 Å². The number of carboxylic acid groups (broad SMARTS) is 1. The summed E-state index contributed by atoms with van der Waals surface area (Å²) in [6.07, 6.45) is 1.42. The monoisotopic (exact) mass is 300 g/mol. The standard InChI is InChI=1S/C15H12N2O3S/c1-8-3-4-12(10(5-8)15(18)19)20-13-11-6-9(2)21-14(11)17-7-16-13/h3-7H,1-2H3,(H,18,19). The van der Waals surface area contributed by atoms with Gasteiger partial charge in [0.15, 0.2) is 0 Å². The number of nitrogens with zero attached hydrogens (tertiary/aromatic N) is 2. The van der Waals surface area contributed by atoms with E-state index >= 15 is 0 Å². The van der Waals surface area contributed by atoms with E-state index in [4.69, 9.17) is 4.74 Å². The van der Waals surface area contributed by atoms with E-state index < -0.39 is 5.97 Å². The van der Waals surface area contributed by atoms with Crippen molar-refractivity contribution in [2.45, 2.75) is 13.8 Å². The van der Waals surface area contributed by atoms with Gasteiger partial charge in [0.2, 0.25) is 5.88 Å². The predicted octanol–water partition coefficient (Wildman–Crippen LogP) is 3.80. The number of hydrogen-bond donors (Lipinski definition) is 1. The van der Waals surface area contributed by atoms with Gasteiger partial charge in [-0.15, -0.1) is 11.3 Å². The van der Waals surface area contributed by atoms with E-state index in [1.54, 1.807) is 29.5 Å². The van der Waals surface area contributed by atoms with Crippen LogP contribution < -0.4 is 4.74 Å². The smallest absolute Gasteiger partial charge is 0.339 e. The molecule has 0 radical (unpaired) electrons. The Morgan fingerprint density at radius 1 is 1.24 bits per heavy atom. The number of thiophene rings is 1. The molecule has 0 unspecified atom stereocenters. The number of aryl methyl sites for hydroxylation is 2. The van der Waals surface area contributed by atoms with E-state index in [1.165, 1.54) is 6.33 Å². The van der Waals surface area contributed by atoms with Crippen LogP contribution in [0.2, 0.25) is 0 Å². The molecule has 0 saturated carbocycles. The van der Waals surface area contributed by atoms with Crippen molar-refractivity contribution >= 4 is 27.5 Å². The minimum absolute atomic E-state index is 0.119. The molecule has 0 amide bonds. The third-order valence-electron chi connectivity index (χ3n) is 2.99. The Labute approximate surface area is 124 Å². The Bertz CT molecular complexity index is 842. The number of carboxylic acids is 1. The van der Waals surface area contributed by atoms with Crippen molar-refractivity contribution in [1.29, 1.82) is 0 Å². The molecule has 0 aliphatic heterocycles. The highest BCUT2D eigenvalue weighted by Gasteiger charge is 2.15. The quantitative estimate of drug-likeness (QED) is 0.796. The van der Waals surface area contributed by atoms with Crippen molar-refractivity contribution in [1.82, 2.24) is 9.97 Å². The van der Waals surface area contributed by atoms with E-state index in [9.17, 15) is 9.90 Å². The van der Waals surface area contributed by atoms with Crippen LogP contribution in [0.5, 0.6) is 11.6 Å². The Hall–Kier alpha value is -2.47. The number of aromatic carboxylic acids is 1. The highest BCUT2D eigenvalue weighted by molar-refractivity contribution is 7.18. The molecule has 0 spiro atoms. The molecule has 21 heavy (non-hydrogen) atoms. The fourth-order valence-corrected chi connectivity index (χ4v) is 2.88. The molecule has 0 saturated heterocycles. The van der Waals surface area contributed by atoms with Gasteiger partial charge in [0.25, 0.3) is 0 Å². The third kappa shape index (κ3) is 2.57. The van der Waals surface area contributed by atoms with Crippen molar-refractivity contribution in [2.24, 2.45) is 0 Å². The highest BCUT2D eigenvalue weighted by atomic mass is 32.1. The van der Waals surface area contributed by atoms with Gasteiger partial charge in [-0.1, -0.05) is 11.6 Å². The van der Waals surface area contributed by atoms with E-state index in [2.05, 4.69) is 9.97 Å². The van der Waals surface area contributed by atoms with Crippen LogP contribution in [0.25, 0.3) is 10.2 Å². The molecule has 0 bridgehead atoms. The molecular formula is C15H12N2O3S. The summed E-state index contributed by atoms with van der Waals surface area (Å²) in [5.74, 6) is -0.381. The number of aromatic nitrogens is 2. The normalized spacial score (nSPS) is 10.8. The van der Waals surface area contributed by atoms with Crippen molar-refractivity contribution in [3.05, 3.63) is 46.6 Å². The first kappa shape index (κ1) is 13.5. The summed E-state index contributed by atoms with van der Waals surface area (Å²) in [4.78, 5) is 21.5. The Balaban J connectivity index is 2.08. The van der Waals surface area contributed by atoms with Gasteiger partial charge in [-0.2, -0.15) is 0 Å². The first-order valence-corrected chi connectivity index (χ1v) is 7.09. The summed E-state index contributed by atoms with van der Waals surface area (Å²) in [5.41, 5.74) is 0.979. The highest BCUT2D eigenvalue weighted by Crippen LogP contribution is 2.33. The largest absolute Gasteiger partial charge is 0.478 e. The molecule has 2 heterocycles. The number of fused-ring (bicyclic) bond motifs is 1. The molecule has 6 heteroatoms. The van der Waals surface area contributed by atoms with Gasteiger partial charge >= 0.3 is 5.97 Å². The van der Waals surface area contributed by atoms with E-state index in [0.717, 1.165) is 20.7 Å². The van der Waals surface area contributed by atoms with E-state index in [0.29, 0.717) is 5.88 Å². The van der Waals surface area contributed by atoms with Gasteiger partial charge in [-0.25, -0.2) is 14.8 Å². The van der Waals surface area contributed by atoms with Gasteiger partial charge in [-0.3, -0.25) is 0 Å². The molecule has 0 aliphatic rings. The van der Waals surface area contributed by atoms with Crippen LogP contribution in [0, 0.1) is 13.8 Å². The Morgan fingerprint density at radius 3 is 2.81 bits per heavy atom. The molecule has 5 nitrogen and oxygen atoms in total. The molecule has 3 rings (SSSR count). The second-order valence-corrected chi connectivity index (χ2v) is 5.90. The molecule has 3 aromatic rings. The van der Waals surface area contributed by atoms with Crippen LogP contribution in [0.1, 0.15) is 20.8 Å². The van der Waals surface area contributed by atoms with Crippen molar-refractivity contribution < 1.29 is 14.6 Å². The number of carbonyl (C=O) groups is 1. The first-order chi connectivity index (χ1) is 10.0. The van der Waals surface area contributed by atoms with Gasteiger partial charge in [0.1, 0.15) is 22.5 Å². The molecule has 1 aromatic carbocycles. The molecule has 1 N–H and O–H groups in total. The van der Waals surface area contributed by atoms with Gasteiger partial charge in [0, 0.05) is 4.88 Å². The fourth-order valence-electron chi connectivity index (χ4n) is 2.04. The first-order valence-electron chi connectivity index (χ1n) is 6.27. The lowest BCUT2D eigenvalue weighted by Gasteiger charge is -2.09. The average molecular weight is 300 g/mol. The summed E-state index contributed by atoms with van der Waals surface area (Å²) < 4.78 is 5.73. The van der Waals surface area contributed by atoms with Crippen LogP contribution in [0.15, 0.2) is 30.6 Å². The lowest BCUT2D eigenvalue weighted by molar-refractivity contribution is 0.0694. The maximum absolute atomic E-state index is 11.3. The maximum atomic E-state index is 11.3. The third-order valence-corrected chi connectivity index (χ3v) is 3.95. The van der Waals surface area contributed by atoms with Crippen LogP contribution in [-0.2, 0) is 0 Å². The second kappa shape index (κ2) is 5.14. The second-order valence-electron chi connectivity index (χ2n) is 4.66. The number of ether oxygens (including phenoxy) is 1. The summed E-state index contributed by atoms with van der Waals surface area (Å²) in [5, 5.41) is 10.1. The molecule has 0 atom stereocenters. The average Bonchev–Trinajstić information content (AvgIpc) is 2.82. The number of benzene rings is 1. The number of hydrogen-bond acceptors (Lipinski definition) is 5. The minimum atomic E-state index is -1.03. The number of rotatable bonds is 3. The van der Waals surface area contributed by atoms with Crippen molar-refractivity contribution in [3.8, 4) is 11.6 Å². The molecule has 0 aliphatic carbocycles. The van der Waals surface area contributed by atoms with Crippen LogP contribution >= 0.6 is 11.3 Å². The summed E-state index contributed by atoms with van der Waals surface area (Å²) in [6.45, 7) is 3.81. The van der Waals surface area contributed by atoms with Crippen LogP contribution in [-0.4, -0.2) is 21.0 Å². The lowest BCUT2D eigenvalue weighted by Crippen LogP contribution is -2.01. The summed E-state index contributed by atoms with van der Waals surface area (Å²) in [6, 6.07) is 6.96. The zero-order valence-corrected chi connectivity index (χ0v) is 12.3. The zero-order valence-electron chi connectivity index (χ0n) is 11.5.